The van der Waals surface area contributed by atoms with E-state index in [-0.39, 0.29) is 5.91 Å². The maximum absolute atomic E-state index is 12.7. The van der Waals surface area contributed by atoms with Crippen LogP contribution in [-0.4, -0.2) is 66.1 Å². The van der Waals surface area contributed by atoms with Crippen molar-refractivity contribution < 1.29 is 9.53 Å². The number of hydrogen-bond acceptors (Lipinski definition) is 3. The second-order valence-electron chi connectivity index (χ2n) is 7.35. The Balaban J connectivity index is 1.35. The molecule has 2 atom stereocenters. The van der Waals surface area contributed by atoms with Crippen molar-refractivity contribution in [3.05, 3.63) is 36.0 Å². The van der Waals surface area contributed by atoms with Crippen molar-refractivity contribution >= 4 is 16.8 Å². The number of H-pyrrole nitrogens is 1. The summed E-state index contributed by atoms with van der Waals surface area (Å²) < 4.78 is 5.46. The van der Waals surface area contributed by atoms with Gasteiger partial charge in [0.15, 0.2) is 0 Å². The van der Waals surface area contributed by atoms with E-state index >= 15 is 0 Å². The maximum Gasteiger partial charge on any atom is 0.222 e. The number of aromatic amines is 1. The molecule has 5 heteroatoms. The molecule has 0 aliphatic carbocycles. The van der Waals surface area contributed by atoms with E-state index in [2.05, 4.69) is 39.9 Å². The number of nitrogens with zero attached hydrogens (tertiary/aromatic N) is 2. The number of morpholine rings is 1. The number of rotatable bonds is 4. The van der Waals surface area contributed by atoms with E-state index in [0.717, 1.165) is 51.3 Å². The SMILES string of the molecule is C[C@@H]1CN(C(=O)CCc2c[nH]c3ccccc23)C[C@@H]1N1CCOCC1. The number of para-hydroxylation sites is 1. The quantitative estimate of drug-likeness (QED) is 0.928. The number of carbonyl (C=O) groups is 1. The molecule has 0 unspecified atom stereocenters. The van der Waals surface area contributed by atoms with E-state index in [9.17, 15) is 4.79 Å². The number of nitrogens with one attached hydrogen (secondary N) is 1. The predicted molar refractivity (Wildman–Crippen MR) is 98.5 cm³/mol. The second kappa shape index (κ2) is 7.18. The van der Waals surface area contributed by atoms with Gasteiger partial charge in [0.2, 0.25) is 5.91 Å². The summed E-state index contributed by atoms with van der Waals surface area (Å²) in [5.74, 6) is 0.822. The van der Waals surface area contributed by atoms with Gasteiger partial charge in [-0.15, -0.1) is 0 Å². The van der Waals surface area contributed by atoms with Gasteiger partial charge in [-0.25, -0.2) is 0 Å². The molecule has 1 amide bonds. The minimum Gasteiger partial charge on any atom is -0.379 e. The zero-order chi connectivity index (χ0) is 17.2. The van der Waals surface area contributed by atoms with Gasteiger partial charge >= 0.3 is 0 Å². The van der Waals surface area contributed by atoms with Gasteiger partial charge in [-0.2, -0.15) is 0 Å². The van der Waals surface area contributed by atoms with Crippen LogP contribution in [0.25, 0.3) is 10.9 Å². The highest BCUT2D eigenvalue weighted by Gasteiger charge is 2.36. The Morgan fingerprint density at radius 3 is 2.88 bits per heavy atom. The van der Waals surface area contributed by atoms with Crippen LogP contribution >= 0.6 is 0 Å². The van der Waals surface area contributed by atoms with E-state index in [4.69, 9.17) is 4.74 Å². The summed E-state index contributed by atoms with van der Waals surface area (Å²) in [4.78, 5) is 20.6. The number of fused-ring (bicyclic) bond motifs is 1. The summed E-state index contributed by atoms with van der Waals surface area (Å²) in [6.07, 6.45) is 3.43. The molecule has 2 saturated heterocycles. The van der Waals surface area contributed by atoms with E-state index in [1.807, 2.05) is 12.3 Å². The first-order chi connectivity index (χ1) is 12.2. The first kappa shape index (κ1) is 16.6. The molecule has 2 fully saturated rings. The number of aryl methyl sites for hydroxylation is 1. The van der Waals surface area contributed by atoms with Crippen molar-refractivity contribution in [2.75, 3.05) is 39.4 Å². The Morgan fingerprint density at radius 2 is 2.04 bits per heavy atom. The largest absolute Gasteiger partial charge is 0.379 e. The van der Waals surface area contributed by atoms with Crippen molar-refractivity contribution in [2.45, 2.75) is 25.8 Å². The number of amides is 1. The minimum atomic E-state index is 0.285. The molecule has 2 aliphatic heterocycles. The lowest BCUT2D eigenvalue weighted by Gasteiger charge is -2.34. The Hall–Kier alpha value is -1.85. The molecule has 0 bridgehead atoms. The van der Waals surface area contributed by atoms with Crippen LogP contribution in [0.5, 0.6) is 0 Å². The molecule has 2 aliphatic rings. The number of likely N-dealkylation sites (tertiary alicyclic amines) is 1. The fourth-order valence-electron chi connectivity index (χ4n) is 4.28. The minimum absolute atomic E-state index is 0.285. The average molecular weight is 341 g/mol. The van der Waals surface area contributed by atoms with Crippen molar-refractivity contribution in [3.63, 3.8) is 0 Å². The highest BCUT2D eigenvalue weighted by Crippen LogP contribution is 2.24. The molecule has 1 aromatic carbocycles. The lowest BCUT2D eigenvalue weighted by atomic mass is 10.0. The summed E-state index contributed by atoms with van der Waals surface area (Å²) in [7, 11) is 0. The lowest BCUT2D eigenvalue weighted by Crippen LogP contribution is -2.47. The maximum atomic E-state index is 12.7. The first-order valence-corrected chi connectivity index (χ1v) is 9.37. The van der Waals surface area contributed by atoms with Crippen LogP contribution in [-0.2, 0) is 16.0 Å². The predicted octanol–water partition coefficient (Wildman–Crippen LogP) is 2.28. The molecule has 1 N–H and O–H groups in total. The van der Waals surface area contributed by atoms with Crippen LogP contribution in [0.3, 0.4) is 0 Å². The van der Waals surface area contributed by atoms with E-state index in [0.29, 0.717) is 18.4 Å². The summed E-state index contributed by atoms with van der Waals surface area (Å²) in [5.41, 5.74) is 2.38. The fraction of sp³-hybridized carbons (Fsp3) is 0.550. The third-order valence-electron chi connectivity index (χ3n) is 5.72. The Morgan fingerprint density at radius 1 is 1.24 bits per heavy atom. The van der Waals surface area contributed by atoms with E-state index in [1.54, 1.807) is 0 Å². The van der Waals surface area contributed by atoms with Gasteiger partial charge in [-0.1, -0.05) is 25.1 Å². The molecular formula is C20H27N3O2. The second-order valence-corrected chi connectivity index (χ2v) is 7.35. The molecule has 2 aromatic rings. The Kier molecular flexibility index (Phi) is 4.77. The third kappa shape index (κ3) is 3.44. The molecule has 4 rings (SSSR count). The Bertz CT molecular complexity index is 735. The van der Waals surface area contributed by atoms with Crippen LogP contribution in [0.15, 0.2) is 30.5 Å². The van der Waals surface area contributed by atoms with Crippen LogP contribution < -0.4 is 0 Å². The van der Waals surface area contributed by atoms with Crippen LogP contribution in [0.1, 0.15) is 18.9 Å². The molecule has 25 heavy (non-hydrogen) atoms. The molecular weight excluding hydrogens is 314 g/mol. The van der Waals surface area contributed by atoms with Gasteiger partial charge in [-0.05, 0) is 24.0 Å². The monoisotopic (exact) mass is 341 g/mol. The number of aromatic nitrogens is 1. The molecule has 0 saturated carbocycles. The molecule has 0 radical (unpaired) electrons. The number of benzene rings is 1. The van der Waals surface area contributed by atoms with Crippen LogP contribution in [0.4, 0.5) is 0 Å². The van der Waals surface area contributed by atoms with Gasteiger partial charge < -0.3 is 14.6 Å². The van der Waals surface area contributed by atoms with Gasteiger partial charge in [0.1, 0.15) is 0 Å². The van der Waals surface area contributed by atoms with Gasteiger partial charge in [0.05, 0.1) is 13.2 Å². The molecule has 1 aromatic heterocycles. The fourth-order valence-corrected chi connectivity index (χ4v) is 4.28. The first-order valence-electron chi connectivity index (χ1n) is 9.37. The molecule has 5 nitrogen and oxygen atoms in total. The van der Waals surface area contributed by atoms with Gasteiger partial charge in [-0.3, -0.25) is 9.69 Å². The van der Waals surface area contributed by atoms with E-state index in [1.165, 1.54) is 10.9 Å². The highest BCUT2D eigenvalue weighted by atomic mass is 16.5. The number of carbonyl (C=O) groups excluding carboxylic acids is 1. The van der Waals surface area contributed by atoms with Gasteiger partial charge in [0, 0.05) is 55.7 Å². The molecule has 3 heterocycles. The third-order valence-corrected chi connectivity index (χ3v) is 5.72. The van der Waals surface area contributed by atoms with E-state index < -0.39 is 0 Å². The van der Waals surface area contributed by atoms with Crippen molar-refractivity contribution in [1.82, 2.24) is 14.8 Å². The average Bonchev–Trinajstić information content (AvgIpc) is 3.24. The van der Waals surface area contributed by atoms with Crippen LogP contribution in [0, 0.1) is 5.92 Å². The normalized spacial score (nSPS) is 24.9. The van der Waals surface area contributed by atoms with Gasteiger partial charge in [0.25, 0.3) is 0 Å². The summed E-state index contributed by atoms with van der Waals surface area (Å²) in [6, 6.07) is 8.77. The standard InChI is InChI=1S/C20H27N3O2/c1-15-13-23(14-19(15)22-8-10-25-11-9-22)20(24)7-6-16-12-21-18-5-3-2-4-17(16)18/h2-5,12,15,19,21H,6-11,13-14H2,1H3/t15-,19+/m1/s1. The van der Waals surface area contributed by atoms with Crippen molar-refractivity contribution in [3.8, 4) is 0 Å². The smallest absolute Gasteiger partial charge is 0.222 e. The summed E-state index contributed by atoms with van der Waals surface area (Å²) in [5, 5.41) is 1.23. The summed E-state index contributed by atoms with van der Waals surface area (Å²) >= 11 is 0. The van der Waals surface area contributed by atoms with Crippen molar-refractivity contribution in [2.24, 2.45) is 5.92 Å². The van der Waals surface area contributed by atoms with Crippen LogP contribution in [0.2, 0.25) is 0 Å². The zero-order valence-electron chi connectivity index (χ0n) is 14.9. The summed E-state index contributed by atoms with van der Waals surface area (Å²) in [6.45, 7) is 7.64. The highest BCUT2D eigenvalue weighted by molar-refractivity contribution is 5.84. The molecule has 0 spiro atoms. The lowest BCUT2D eigenvalue weighted by molar-refractivity contribution is -0.130. The molecule has 134 valence electrons. The van der Waals surface area contributed by atoms with Crippen molar-refractivity contribution in [1.29, 1.82) is 0 Å². The topological polar surface area (TPSA) is 48.6 Å². The number of ether oxygens (including phenoxy) is 1. The number of hydrogen-bond donors (Lipinski definition) is 1. The Labute approximate surface area is 148 Å². The zero-order valence-corrected chi connectivity index (χ0v) is 14.9.